The standard InChI is InChI=1S/C13H24O4Si/c1-13(2,3)18(4,5)17-12-10(15)7-9-16-11(12)6-8-14/h8,11-12H,6-7,9H2,1-5H3/t11-,12-/m0/s1. The van der Waals surface area contributed by atoms with Gasteiger partial charge in [-0.05, 0) is 18.1 Å². The van der Waals surface area contributed by atoms with Gasteiger partial charge in [-0.2, -0.15) is 0 Å². The first-order chi connectivity index (χ1) is 8.19. The molecule has 1 saturated heterocycles. The Morgan fingerprint density at radius 3 is 2.56 bits per heavy atom. The van der Waals surface area contributed by atoms with Crippen molar-refractivity contribution in [2.24, 2.45) is 0 Å². The van der Waals surface area contributed by atoms with E-state index in [-0.39, 0.29) is 17.2 Å². The molecule has 2 atom stereocenters. The summed E-state index contributed by atoms with van der Waals surface area (Å²) < 4.78 is 11.6. The summed E-state index contributed by atoms with van der Waals surface area (Å²) in [4.78, 5) is 22.6. The molecule has 0 N–H and O–H groups in total. The molecule has 0 radical (unpaired) electrons. The predicted molar refractivity (Wildman–Crippen MR) is 72.1 cm³/mol. The summed E-state index contributed by atoms with van der Waals surface area (Å²) in [5, 5.41) is 0.0382. The summed E-state index contributed by atoms with van der Waals surface area (Å²) in [6, 6.07) is 0. The molecular weight excluding hydrogens is 248 g/mol. The van der Waals surface area contributed by atoms with Gasteiger partial charge in [-0.25, -0.2) is 0 Å². The maximum atomic E-state index is 12.0. The van der Waals surface area contributed by atoms with Gasteiger partial charge in [-0.3, -0.25) is 4.79 Å². The lowest BCUT2D eigenvalue weighted by Gasteiger charge is -2.41. The van der Waals surface area contributed by atoms with Crippen LogP contribution >= 0.6 is 0 Å². The lowest BCUT2D eigenvalue weighted by Crippen LogP contribution is -2.52. The van der Waals surface area contributed by atoms with E-state index in [1.165, 1.54) is 0 Å². The molecule has 5 heteroatoms. The fourth-order valence-corrected chi connectivity index (χ4v) is 2.94. The predicted octanol–water partition coefficient (Wildman–Crippen LogP) is 2.32. The van der Waals surface area contributed by atoms with Crippen molar-refractivity contribution < 1.29 is 18.8 Å². The van der Waals surface area contributed by atoms with Gasteiger partial charge in [0.1, 0.15) is 12.4 Å². The Kier molecular flexibility index (Phi) is 4.86. The monoisotopic (exact) mass is 272 g/mol. The zero-order valence-electron chi connectivity index (χ0n) is 12.0. The Balaban J connectivity index is 2.83. The molecule has 0 aromatic carbocycles. The van der Waals surface area contributed by atoms with Gasteiger partial charge in [-0.15, -0.1) is 0 Å². The Morgan fingerprint density at radius 1 is 1.44 bits per heavy atom. The minimum atomic E-state index is -2.02. The largest absolute Gasteiger partial charge is 0.404 e. The fourth-order valence-electron chi connectivity index (χ4n) is 1.67. The molecule has 1 fully saturated rings. The fraction of sp³-hybridized carbons (Fsp3) is 0.846. The number of hydrogen-bond donors (Lipinski definition) is 0. The molecule has 104 valence electrons. The van der Waals surface area contributed by atoms with Gasteiger partial charge in [-0.1, -0.05) is 20.8 Å². The molecule has 0 aromatic heterocycles. The zero-order valence-corrected chi connectivity index (χ0v) is 13.0. The first kappa shape index (κ1) is 15.5. The van der Waals surface area contributed by atoms with Crippen LogP contribution in [0.4, 0.5) is 0 Å². The van der Waals surface area contributed by atoms with E-state index >= 15 is 0 Å². The molecule has 0 unspecified atom stereocenters. The molecule has 0 aliphatic carbocycles. The highest BCUT2D eigenvalue weighted by Gasteiger charge is 2.44. The van der Waals surface area contributed by atoms with Crippen LogP contribution in [0.5, 0.6) is 0 Å². The summed E-state index contributed by atoms with van der Waals surface area (Å²) in [5.74, 6) is 0.0675. The quantitative estimate of drug-likeness (QED) is 0.582. The molecule has 1 heterocycles. The molecule has 0 aromatic rings. The number of hydrogen-bond acceptors (Lipinski definition) is 4. The summed E-state index contributed by atoms with van der Waals surface area (Å²) in [7, 11) is -2.02. The van der Waals surface area contributed by atoms with Gasteiger partial charge in [0, 0.05) is 12.8 Å². The third-order valence-electron chi connectivity index (χ3n) is 3.89. The normalized spacial score (nSPS) is 26.2. The molecule has 1 aliphatic heterocycles. The average Bonchev–Trinajstić information content (AvgIpc) is 2.22. The van der Waals surface area contributed by atoms with E-state index in [0.29, 0.717) is 13.0 Å². The third-order valence-corrected chi connectivity index (χ3v) is 8.35. The molecule has 18 heavy (non-hydrogen) atoms. The van der Waals surface area contributed by atoms with Crippen molar-refractivity contribution in [3.05, 3.63) is 0 Å². The molecule has 0 spiro atoms. The highest BCUT2D eigenvalue weighted by atomic mass is 28.4. The topological polar surface area (TPSA) is 52.6 Å². The van der Waals surface area contributed by atoms with E-state index in [1.807, 2.05) is 0 Å². The number of Topliss-reactive ketones (excluding diaryl/α,β-unsaturated/α-hetero) is 1. The van der Waals surface area contributed by atoms with E-state index in [4.69, 9.17) is 9.16 Å². The lowest BCUT2D eigenvalue weighted by atomic mass is 10.0. The lowest BCUT2D eigenvalue weighted by molar-refractivity contribution is -0.146. The van der Waals surface area contributed by atoms with Crippen LogP contribution in [-0.2, 0) is 18.8 Å². The minimum Gasteiger partial charge on any atom is -0.404 e. The van der Waals surface area contributed by atoms with E-state index in [0.717, 1.165) is 6.29 Å². The first-order valence-electron chi connectivity index (χ1n) is 6.45. The van der Waals surface area contributed by atoms with Crippen LogP contribution in [0, 0.1) is 0 Å². The second-order valence-corrected chi connectivity index (χ2v) is 11.1. The average molecular weight is 272 g/mol. The number of ketones is 1. The molecule has 0 bridgehead atoms. The van der Waals surface area contributed by atoms with Crippen LogP contribution < -0.4 is 0 Å². The number of rotatable bonds is 4. The van der Waals surface area contributed by atoms with Crippen molar-refractivity contribution in [1.29, 1.82) is 0 Å². The van der Waals surface area contributed by atoms with Gasteiger partial charge in [0.15, 0.2) is 14.1 Å². The van der Waals surface area contributed by atoms with E-state index < -0.39 is 20.5 Å². The van der Waals surface area contributed by atoms with Crippen molar-refractivity contribution in [3.8, 4) is 0 Å². The van der Waals surface area contributed by atoms with Crippen molar-refractivity contribution in [3.63, 3.8) is 0 Å². The van der Waals surface area contributed by atoms with Gasteiger partial charge >= 0.3 is 0 Å². The SMILES string of the molecule is CC(C)(C)[Si](C)(C)O[C@H]1C(=O)CCO[C@H]1CC=O. The maximum absolute atomic E-state index is 12.0. The van der Waals surface area contributed by atoms with Crippen LogP contribution in [0.15, 0.2) is 0 Å². The number of ether oxygens (including phenoxy) is 1. The Bertz CT molecular complexity index is 319. The van der Waals surface area contributed by atoms with Crippen molar-refractivity contribution in [1.82, 2.24) is 0 Å². The third kappa shape index (κ3) is 3.49. The van der Waals surface area contributed by atoms with Crippen LogP contribution in [0.1, 0.15) is 33.6 Å². The highest BCUT2D eigenvalue weighted by Crippen LogP contribution is 2.38. The van der Waals surface area contributed by atoms with Gasteiger partial charge < -0.3 is 14.0 Å². The molecule has 0 amide bonds. The van der Waals surface area contributed by atoms with Crippen molar-refractivity contribution >= 4 is 20.4 Å². The number of carbonyl (C=O) groups is 2. The Hall–Kier alpha value is -0.523. The van der Waals surface area contributed by atoms with Crippen LogP contribution in [0.25, 0.3) is 0 Å². The molecule has 0 saturated carbocycles. The highest BCUT2D eigenvalue weighted by molar-refractivity contribution is 6.74. The van der Waals surface area contributed by atoms with E-state index in [9.17, 15) is 9.59 Å². The van der Waals surface area contributed by atoms with Crippen LogP contribution in [0.3, 0.4) is 0 Å². The molecule has 4 nitrogen and oxygen atoms in total. The first-order valence-corrected chi connectivity index (χ1v) is 9.35. The number of carbonyl (C=O) groups excluding carboxylic acids is 2. The Labute approximate surface area is 110 Å². The minimum absolute atomic E-state index is 0.0382. The van der Waals surface area contributed by atoms with E-state index in [1.54, 1.807) is 0 Å². The van der Waals surface area contributed by atoms with Gasteiger partial charge in [0.2, 0.25) is 0 Å². The maximum Gasteiger partial charge on any atom is 0.193 e. The van der Waals surface area contributed by atoms with Gasteiger partial charge in [0.05, 0.1) is 12.7 Å². The van der Waals surface area contributed by atoms with Gasteiger partial charge in [0.25, 0.3) is 0 Å². The zero-order chi connectivity index (χ0) is 14.0. The summed E-state index contributed by atoms with van der Waals surface area (Å²) >= 11 is 0. The second-order valence-electron chi connectivity index (χ2n) is 6.33. The number of aldehydes is 1. The molecule has 1 rings (SSSR count). The van der Waals surface area contributed by atoms with Crippen molar-refractivity contribution in [2.75, 3.05) is 6.61 Å². The van der Waals surface area contributed by atoms with Crippen LogP contribution in [-0.4, -0.2) is 39.2 Å². The molecular formula is C13H24O4Si. The molecule has 1 aliphatic rings. The summed E-state index contributed by atoms with van der Waals surface area (Å²) in [6.45, 7) is 11.0. The van der Waals surface area contributed by atoms with Crippen LogP contribution in [0.2, 0.25) is 18.1 Å². The smallest absolute Gasteiger partial charge is 0.193 e. The van der Waals surface area contributed by atoms with E-state index in [2.05, 4.69) is 33.9 Å². The summed E-state index contributed by atoms with van der Waals surface area (Å²) in [5.41, 5.74) is 0. The summed E-state index contributed by atoms with van der Waals surface area (Å²) in [6.07, 6.45) is 0.438. The van der Waals surface area contributed by atoms with Crippen molar-refractivity contribution in [2.45, 2.75) is 64.0 Å². The second kappa shape index (κ2) is 5.63. The Morgan fingerprint density at radius 2 is 2.06 bits per heavy atom.